The summed E-state index contributed by atoms with van der Waals surface area (Å²) in [5, 5.41) is 14.2. The lowest BCUT2D eigenvalue weighted by molar-refractivity contribution is -0.274. The molecule has 44 heavy (non-hydrogen) atoms. The number of aromatic carboxylic acids is 1. The van der Waals surface area contributed by atoms with Crippen molar-refractivity contribution in [2.45, 2.75) is 82.5 Å². The van der Waals surface area contributed by atoms with E-state index in [0.29, 0.717) is 35.6 Å². The monoisotopic (exact) mass is 610 g/mol. The second-order valence-electron chi connectivity index (χ2n) is 12.5. The first kappa shape index (κ1) is 28.9. The van der Waals surface area contributed by atoms with Crippen molar-refractivity contribution in [1.29, 1.82) is 0 Å². The highest BCUT2D eigenvalue weighted by Gasteiger charge is 2.50. The van der Waals surface area contributed by atoms with Gasteiger partial charge in [-0.2, -0.15) is 0 Å². The van der Waals surface area contributed by atoms with Gasteiger partial charge in [-0.05, 0) is 80.5 Å². The molecule has 4 aliphatic carbocycles. The third kappa shape index (κ3) is 5.70. The lowest BCUT2D eigenvalue weighted by atomic mass is 9.59. The highest BCUT2D eigenvalue weighted by Crippen LogP contribution is 2.55. The van der Waals surface area contributed by atoms with E-state index in [1.807, 2.05) is 18.2 Å². The number of aromatic nitrogens is 2. The number of carboxylic acids is 1. The molecule has 0 radical (unpaired) electrons. The standard InChI is InChI=1S/C33H33F3N2O6/c34-33(35,36)43-27-4-2-1-3-23(27)28-25(29(44-38-28)21-6-7-21)18-42-32-12-9-31(10-13-32,11-14-32)19-41-17-20-5-8-22-24(30(39)40)16-37-26(22)15-20/h1-5,8,15-16,21,37H,6-7,9-14,17-19H2,(H,39,40). The predicted molar refractivity (Wildman–Crippen MR) is 153 cm³/mol. The number of nitrogens with zero attached hydrogens (tertiary/aromatic N) is 1. The highest BCUT2D eigenvalue weighted by atomic mass is 19.4. The quantitative estimate of drug-likeness (QED) is 0.177. The second kappa shape index (κ2) is 11.0. The molecular weight excluding hydrogens is 577 g/mol. The molecule has 0 aliphatic heterocycles. The number of carbonyl (C=O) groups is 1. The molecule has 2 aromatic carbocycles. The molecule has 8 rings (SSSR count). The minimum Gasteiger partial charge on any atom is -0.478 e. The molecule has 4 fully saturated rings. The Bertz CT molecular complexity index is 1660. The van der Waals surface area contributed by atoms with E-state index in [4.69, 9.17) is 14.0 Å². The van der Waals surface area contributed by atoms with Crippen LogP contribution in [0, 0.1) is 5.41 Å². The number of halogens is 3. The number of carboxylic acid groups (broad SMARTS) is 1. The molecule has 8 nitrogen and oxygen atoms in total. The normalized spacial score (nSPS) is 23.3. The van der Waals surface area contributed by atoms with Gasteiger partial charge in [-0.1, -0.05) is 29.4 Å². The van der Waals surface area contributed by atoms with Crippen LogP contribution < -0.4 is 4.74 Å². The van der Waals surface area contributed by atoms with Crippen LogP contribution in [0.2, 0.25) is 0 Å². The fourth-order valence-electron chi connectivity index (χ4n) is 6.93. The molecule has 4 aliphatic rings. The van der Waals surface area contributed by atoms with E-state index in [2.05, 4.69) is 14.9 Å². The van der Waals surface area contributed by atoms with Crippen molar-refractivity contribution >= 4 is 16.9 Å². The lowest BCUT2D eigenvalue weighted by Crippen LogP contribution is -2.49. The van der Waals surface area contributed by atoms with Crippen molar-refractivity contribution in [3.63, 3.8) is 0 Å². The van der Waals surface area contributed by atoms with Gasteiger partial charge in [0.05, 0.1) is 31.0 Å². The molecule has 4 aromatic rings. The molecule has 2 heterocycles. The Kier molecular flexibility index (Phi) is 7.20. The molecule has 232 valence electrons. The summed E-state index contributed by atoms with van der Waals surface area (Å²) in [6.07, 6.45) is 4.17. The zero-order valence-corrected chi connectivity index (χ0v) is 24.0. The number of fused-ring (bicyclic) bond motifs is 4. The first-order valence-corrected chi connectivity index (χ1v) is 15.0. The van der Waals surface area contributed by atoms with Gasteiger partial charge in [-0.25, -0.2) is 4.79 Å². The van der Waals surface area contributed by atoms with Gasteiger partial charge in [-0.15, -0.1) is 13.2 Å². The summed E-state index contributed by atoms with van der Waals surface area (Å²) < 4.78 is 62.3. The number of para-hydroxylation sites is 1. The molecule has 2 aromatic heterocycles. The average Bonchev–Trinajstić information content (AvgIpc) is 3.61. The topological polar surface area (TPSA) is 107 Å². The van der Waals surface area contributed by atoms with Gasteiger partial charge in [-0.3, -0.25) is 0 Å². The maximum atomic E-state index is 13.1. The van der Waals surface area contributed by atoms with Crippen molar-refractivity contribution in [2.75, 3.05) is 6.61 Å². The van der Waals surface area contributed by atoms with Crippen LogP contribution in [0.25, 0.3) is 22.2 Å². The molecule has 2 bridgehead atoms. The van der Waals surface area contributed by atoms with Gasteiger partial charge >= 0.3 is 12.3 Å². The van der Waals surface area contributed by atoms with E-state index in [9.17, 15) is 23.1 Å². The van der Waals surface area contributed by atoms with Gasteiger partial charge in [0.1, 0.15) is 17.2 Å². The molecule has 0 atom stereocenters. The number of hydrogen-bond acceptors (Lipinski definition) is 6. The molecule has 0 amide bonds. The van der Waals surface area contributed by atoms with Crippen LogP contribution >= 0.6 is 0 Å². The van der Waals surface area contributed by atoms with Gasteiger partial charge in [0.2, 0.25) is 0 Å². The molecule has 2 N–H and O–H groups in total. The Balaban J connectivity index is 0.992. The van der Waals surface area contributed by atoms with E-state index in [-0.39, 0.29) is 40.4 Å². The summed E-state index contributed by atoms with van der Waals surface area (Å²) >= 11 is 0. The predicted octanol–water partition coefficient (Wildman–Crippen LogP) is 8.12. The van der Waals surface area contributed by atoms with Crippen LogP contribution in [-0.2, 0) is 22.7 Å². The van der Waals surface area contributed by atoms with Gasteiger partial charge in [0.15, 0.2) is 0 Å². The molecule has 0 saturated heterocycles. The number of nitrogens with one attached hydrogen (secondary N) is 1. The van der Waals surface area contributed by atoms with E-state index in [1.54, 1.807) is 12.1 Å². The van der Waals surface area contributed by atoms with Gasteiger partial charge < -0.3 is 28.8 Å². The zero-order valence-electron chi connectivity index (χ0n) is 24.0. The molecular formula is C33H33F3N2O6. The van der Waals surface area contributed by atoms with Crippen LogP contribution in [0.3, 0.4) is 0 Å². The maximum absolute atomic E-state index is 13.1. The largest absolute Gasteiger partial charge is 0.573 e. The SMILES string of the molecule is O=C(O)c1c[nH]c2cc(COCC34CCC(OCc5c(-c6ccccc6OC(F)(F)F)noc5C5CC5)(CC3)CC4)ccc12. The summed E-state index contributed by atoms with van der Waals surface area (Å²) in [6.45, 7) is 1.31. The Morgan fingerprint density at radius 2 is 1.80 bits per heavy atom. The third-order valence-electron chi connectivity index (χ3n) is 9.64. The number of benzene rings is 2. The Morgan fingerprint density at radius 3 is 2.50 bits per heavy atom. The molecule has 4 saturated carbocycles. The first-order valence-electron chi connectivity index (χ1n) is 15.0. The van der Waals surface area contributed by atoms with Crippen molar-refractivity contribution in [1.82, 2.24) is 10.1 Å². The van der Waals surface area contributed by atoms with Crippen molar-refractivity contribution < 1.29 is 41.8 Å². The summed E-state index contributed by atoms with van der Waals surface area (Å²) in [5.41, 5.74) is 3.09. The minimum absolute atomic E-state index is 0.0908. The number of hydrogen-bond donors (Lipinski definition) is 2. The van der Waals surface area contributed by atoms with Crippen molar-refractivity contribution in [3.05, 3.63) is 71.1 Å². The van der Waals surface area contributed by atoms with E-state index in [1.165, 1.54) is 18.3 Å². The zero-order chi connectivity index (χ0) is 30.5. The summed E-state index contributed by atoms with van der Waals surface area (Å²) in [4.78, 5) is 14.4. The smallest absolute Gasteiger partial charge is 0.478 e. The van der Waals surface area contributed by atoms with Gasteiger partial charge in [0, 0.05) is 34.1 Å². The number of alkyl halides is 3. The van der Waals surface area contributed by atoms with Crippen molar-refractivity contribution in [3.8, 4) is 17.0 Å². The van der Waals surface area contributed by atoms with Crippen LogP contribution in [0.5, 0.6) is 5.75 Å². The number of aromatic amines is 1. The summed E-state index contributed by atoms with van der Waals surface area (Å²) in [6, 6.07) is 11.7. The van der Waals surface area contributed by atoms with Crippen LogP contribution in [-0.4, -0.2) is 39.8 Å². The Hall–Kier alpha value is -3.83. The fraction of sp³-hybridized carbons (Fsp3) is 0.455. The summed E-state index contributed by atoms with van der Waals surface area (Å²) in [7, 11) is 0. The second-order valence-corrected chi connectivity index (χ2v) is 12.5. The van der Waals surface area contributed by atoms with Crippen LogP contribution in [0.15, 0.2) is 53.2 Å². The molecule has 11 heteroatoms. The van der Waals surface area contributed by atoms with Gasteiger partial charge in [0.25, 0.3) is 0 Å². The third-order valence-corrected chi connectivity index (χ3v) is 9.64. The number of ether oxygens (including phenoxy) is 3. The lowest BCUT2D eigenvalue weighted by Gasteiger charge is -2.53. The average molecular weight is 611 g/mol. The first-order chi connectivity index (χ1) is 21.1. The minimum atomic E-state index is -4.82. The Labute approximate surface area is 251 Å². The molecule has 0 unspecified atom stereocenters. The van der Waals surface area contributed by atoms with Crippen LogP contribution in [0.4, 0.5) is 13.2 Å². The van der Waals surface area contributed by atoms with E-state index in [0.717, 1.165) is 62.4 Å². The maximum Gasteiger partial charge on any atom is 0.573 e. The van der Waals surface area contributed by atoms with Crippen molar-refractivity contribution in [2.24, 2.45) is 5.41 Å². The number of H-pyrrole nitrogens is 1. The fourth-order valence-corrected chi connectivity index (χ4v) is 6.93. The summed E-state index contributed by atoms with van der Waals surface area (Å²) in [5.74, 6) is -0.361. The molecule has 0 spiro atoms. The Morgan fingerprint density at radius 1 is 1.05 bits per heavy atom. The highest BCUT2D eigenvalue weighted by molar-refractivity contribution is 6.03. The van der Waals surface area contributed by atoms with Crippen LogP contribution in [0.1, 0.15) is 84.5 Å². The van der Waals surface area contributed by atoms with E-state index >= 15 is 0 Å². The van der Waals surface area contributed by atoms with E-state index < -0.39 is 12.3 Å². The number of rotatable bonds is 11.